The van der Waals surface area contributed by atoms with Crippen LogP contribution in [0, 0.1) is 0 Å². The first-order chi connectivity index (χ1) is 4.76. The van der Waals surface area contributed by atoms with Gasteiger partial charge in [-0.1, -0.05) is 0 Å². The number of hydroxylamine groups is 2. The highest BCUT2D eigenvalue weighted by atomic mass is 16.7. The minimum atomic E-state index is -0.177. The summed E-state index contributed by atoms with van der Waals surface area (Å²) in [6, 6.07) is 0. The van der Waals surface area contributed by atoms with Crippen molar-refractivity contribution in [3.05, 3.63) is 0 Å². The molecule has 0 rings (SSSR count). The monoisotopic (exact) mass is 146 g/mol. The van der Waals surface area contributed by atoms with E-state index in [1.807, 2.05) is 13.8 Å². The minimum absolute atomic E-state index is 0.00778. The molecule has 0 aliphatic heterocycles. The second-order valence-electron chi connectivity index (χ2n) is 1.71. The molecule has 0 aromatic carbocycles. The zero-order chi connectivity index (χ0) is 7.98. The molecule has 0 heterocycles. The number of carbonyl (C=O) groups excluding carboxylic acids is 1. The Bertz CT molecular complexity index is 106. The zero-order valence-corrected chi connectivity index (χ0v) is 6.46. The number of amides is 1. The molecule has 60 valence electrons. The minimum Gasteiger partial charge on any atom is -0.322 e. The molecule has 2 N–H and O–H groups in total. The van der Waals surface area contributed by atoms with Gasteiger partial charge in [-0.15, -0.1) is 0 Å². The maximum Gasteiger partial charge on any atom is 0.259 e. The molecule has 0 bridgehead atoms. The van der Waals surface area contributed by atoms with Gasteiger partial charge in [-0.2, -0.15) is 0 Å². The SMILES string of the molecule is CCON(CC)C(=O)CN. The summed E-state index contributed by atoms with van der Waals surface area (Å²) in [6.07, 6.45) is 0. The van der Waals surface area contributed by atoms with Crippen molar-refractivity contribution in [2.45, 2.75) is 13.8 Å². The molecule has 0 spiro atoms. The number of likely N-dealkylation sites (N-methyl/N-ethyl adjacent to an activating group) is 1. The molecule has 0 unspecified atom stereocenters. The van der Waals surface area contributed by atoms with Gasteiger partial charge in [0.15, 0.2) is 0 Å². The third-order valence-electron chi connectivity index (χ3n) is 1.02. The summed E-state index contributed by atoms with van der Waals surface area (Å²) >= 11 is 0. The lowest BCUT2D eigenvalue weighted by Crippen LogP contribution is -2.35. The molecule has 0 saturated heterocycles. The number of rotatable bonds is 4. The van der Waals surface area contributed by atoms with Crippen molar-refractivity contribution in [2.75, 3.05) is 19.7 Å². The molecular weight excluding hydrogens is 132 g/mol. The normalized spacial score (nSPS) is 9.50. The maximum atomic E-state index is 10.8. The first kappa shape index (κ1) is 9.39. The van der Waals surface area contributed by atoms with E-state index in [1.54, 1.807) is 0 Å². The van der Waals surface area contributed by atoms with Crippen molar-refractivity contribution in [1.82, 2.24) is 5.06 Å². The van der Waals surface area contributed by atoms with Crippen LogP contribution in [-0.2, 0) is 9.63 Å². The smallest absolute Gasteiger partial charge is 0.259 e. The summed E-state index contributed by atoms with van der Waals surface area (Å²) in [7, 11) is 0. The van der Waals surface area contributed by atoms with Crippen LogP contribution in [0.5, 0.6) is 0 Å². The molecule has 0 fully saturated rings. The molecule has 1 amide bonds. The second kappa shape index (κ2) is 5.20. The van der Waals surface area contributed by atoms with Gasteiger partial charge in [0.1, 0.15) is 0 Å². The van der Waals surface area contributed by atoms with E-state index >= 15 is 0 Å². The molecular formula is C6H14N2O2. The zero-order valence-electron chi connectivity index (χ0n) is 6.46. The van der Waals surface area contributed by atoms with Crippen molar-refractivity contribution >= 4 is 5.91 Å². The highest BCUT2D eigenvalue weighted by Gasteiger charge is 2.07. The Labute approximate surface area is 60.9 Å². The van der Waals surface area contributed by atoms with Crippen molar-refractivity contribution in [3.63, 3.8) is 0 Å². The van der Waals surface area contributed by atoms with Crippen LogP contribution in [0.2, 0.25) is 0 Å². The van der Waals surface area contributed by atoms with E-state index in [0.717, 1.165) is 0 Å². The number of nitrogens with two attached hydrogens (primary N) is 1. The number of nitrogens with zero attached hydrogens (tertiary/aromatic N) is 1. The molecule has 0 radical (unpaired) electrons. The third kappa shape index (κ3) is 2.80. The Morgan fingerprint density at radius 1 is 1.60 bits per heavy atom. The number of hydrogen-bond donors (Lipinski definition) is 1. The quantitative estimate of drug-likeness (QED) is 0.556. The van der Waals surface area contributed by atoms with Gasteiger partial charge in [-0.25, -0.2) is 5.06 Å². The van der Waals surface area contributed by atoms with Crippen LogP contribution in [0.3, 0.4) is 0 Å². The predicted octanol–water partition coefficient (Wildman–Crippen LogP) is -0.255. The van der Waals surface area contributed by atoms with Crippen LogP contribution in [0.25, 0.3) is 0 Å². The Morgan fingerprint density at radius 3 is 2.50 bits per heavy atom. The van der Waals surface area contributed by atoms with Crippen molar-refractivity contribution < 1.29 is 9.63 Å². The Kier molecular flexibility index (Phi) is 4.88. The van der Waals surface area contributed by atoms with Gasteiger partial charge in [-0.3, -0.25) is 9.63 Å². The second-order valence-corrected chi connectivity index (χ2v) is 1.71. The molecule has 4 heteroatoms. The molecule has 0 aromatic heterocycles. The molecule has 0 aliphatic rings. The Hall–Kier alpha value is -0.610. The first-order valence-electron chi connectivity index (χ1n) is 3.39. The van der Waals surface area contributed by atoms with E-state index in [2.05, 4.69) is 0 Å². The van der Waals surface area contributed by atoms with E-state index < -0.39 is 0 Å². The fraction of sp³-hybridized carbons (Fsp3) is 0.833. The molecule has 4 nitrogen and oxygen atoms in total. The van der Waals surface area contributed by atoms with Crippen molar-refractivity contribution in [3.8, 4) is 0 Å². The first-order valence-corrected chi connectivity index (χ1v) is 3.39. The molecule has 0 aliphatic carbocycles. The summed E-state index contributed by atoms with van der Waals surface area (Å²) in [5.41, 5.74) is 5.11. The lowest BCUT2D eigenvalue weighted by atomic mass is 10.5. The summed E-state index contributed by atoms with van der Waals surface area (Å²) in [5.74, 6) is -0.177. The van der Waals surface area contributed by atoms with Crippen LogP contribution < -0.4 is 5.73 Å². The van der Waals surface area contributed by atoms with Gasteiger partial charge in [0, 0.05) is 6.54 Å². The fourth-order valence-corrected chi connectivity index (χ4v) is 0.597. The number of carbonyl (C=O) groups is 1. The Balaban J connectivity index is 3.68. The predicted molar refractivity (Wildman–Crippen MR) is 38.1 cm³/mol. The summed E-state index contributed by atoms with van der Waals surface area (Å²) < 4.78 is 0. The van der Waals surface area contributed by atoms with E-state index in [0.29, 0.717) is 13.2 Å². The van der Waals surface area contributed by atoms with E-state index in [-0.39, 0.29) is 12.5 Å². The molecule has 0 aromatic rings. The topological polar surface area (TPSA) is 55.6 Å². The van der Waals surface area contributed by atoms with Gasteiger partial charge in [0.2, 0.25) is 0 Å². The average molecular weight is 146 g/mol. The van der Waals surface area contributed by atoms with Gasteiger partial charge in [0.25, 0.3) is 5.91 Å². The van der Waals surface area contributed by atoms with Gasteiger partial charge >= 0.3 is 0 Å². The van der Waals surface area contributed by atoms with Crippen LogP contribution in [0.1, 0.15) is 13.8 Å². The van der Waals surface area contributed by atoms with Crippen LogP contribution in [0.15, 0.2) is 0 Å². The maximum absolute atomic E-state index is 10.8. The molecule has 0 saturated carbocycles. The standard InChI is InChI=1S/C6H14N2O2/c1-3-8(10-4-2)6(9)5-7/h3-5,7H2,1-2H3. The largest absolute Gasteiger partial charge is 0.322 e. The molecule has 10 heavy (non-hydrogen) atoms. The lowest BCUT2D eigenvalue weighted by Gasteiger charge is -2.17. The van der Waals surface area contributed by atoms with Gasteiger partial charge in [-0.05, 0) is 13.8 Å². The van der Waals surface area contributed by atoms with Gasteiger partial charge < -0.3 is 5.73 Å². The molecule has 0 atom stereocenters. The highest BCUT2D eigenvalue weighted by molar-refractivity contribution is 5.76. The van der Waals surface area contributed by atoms with E-state index in [1.165, 1.54) is 5.06 Å². The Morgan fingerprint density at radius 2 is 2.20 bits per heavy atom. The summed E-state index contributed by atoms with van der Waals surface area (Å²) in [6.45, 7) is 4.72. The average Bonchev–Trinajstić information content (AvgIpc) is 1.99. The van der Waals surface area contributed by atoms with Crippen LogP contribution in [-0.4, -0.2) is 30.7 Å². The van der Waals surface area contributed by atoms with Crippen LogP contribution in [0.4, 0.5) is 0 Å². The van der Waals surface area contributed by atoms with Crippen LogP contribution >= 0.6 is 0 Å². The van der Waals surface area contributed by atoms with Crippen molar-refractivity contribution in [2.24, 2.45) is 5.73 Å². The number of hydrogen-bond acceptors (Lipinski definition) is 3. The fourth-order valence-electron chi connectivity index (χ4n) is 0.597. The third-order valence-corrected chi connectivity index (χ3v) is 1.02. The van der Waals surface area contributed by atoms with E-state index in [4.69, 9.17) is 10.6 Å². The lowest BCUT2D eigenvalue weighted by molar-refractivity contribution is -0.181. The highest BCUT2D eigenvalue weighted by Crippen LogP contribution is 1.88. The van der Waals surface area contributed by atoms with E-state index in [9.17, 15) is 4.79 Å². The van der Waals surface area contributed by atoms with Crippen molar-refractivity contribution in [1.29, 1.82) is 0 Å². The van der Waals surface area contributed by atoms with Gasteiger partial charge in [0.05, 0.1) is 13.2 Å². The summed E-state index contributed by atoms with van der Waals surface area (Å²) in [5, 5.41) is 1.26. The summed E-state index contributed by atoms with van der Waals surface area (Å²) in [4.78, 5) is 15.8.